The molecule has 1 N–H and O–H groups in total. The molecule has 0 unspecified atom stereocenters. The van der Waals surface area contributed by atoms with Crippen molar-refractivity contribution >= 4 is 5.97 Å². The van der Waals surface area contributed by atoms with Crippen LogP contribution in [0.25, 0.3) is 11.5 Å². The Morgan fingerprint density at radius 2 is 2.32 bits per heavy atom. The van der Waals surface area contributed by atoms with Crippen molar-refractivity contribution in [1.29, 1.82) is 0 Å². The number of furan rings is 1. The zero-order valence-corrected chi connectivity index (χ0v) is 10.7. The Morgan fingerprint density at radius 3 is 2.95 bits per heavy atom. The van der Waals surface area contributed by atoms with Crippen LogP contribution in [0, 0.1) is 0 Å². The molecule has 0 radical (unpaired) electrons. The summed E-state index contributed by atoms with van der Waals surface area (Å²) in [6.45, 7) is 3.16. The number of aliphatic carboxylic acids is 1. The van der Waals surface area contributed by atoms with Gasteiger partial charge < -0.3 is 14.0 Å². The van der Waals surface area contributed by atoms with E-state index in [2.05, 4.69) is 5.16 Å². The number of nitrogens with zero attached hydrogens (tertiary/aromatic N) is 2. The van der Waals surface area contributed by atoms with Crippen LogP contribution in [0.5, 0.6) is 0 Å². The molecule has 102 valence electrons. The topological polar surface area (TPSA) is 79.7 Å². The molecule has 0 spiro atoms. The highest BCUT2D eigenvalue weighted by atomic mass is 16.5. The Kier molecular flexibility index (Phi) is 4.35. The molecule has 2 rings (SSSR count). The Labute approximate surface area is 110 Å². The lowest BCUT2D eigenvalue weighted by atomic mass is 10.3. The Bertz CT molecular complexity index is 518. The van der Waals surface area contributed by atoms with E-state index in [1.54, 1.807) is 24.5 Å². The van der Waals surface area contributed by atoms with E-state index >= 15 is 0 Å². The van der Waals surface area contributed by atoms with Crippen LogP contribution in [-0.2, 0) is 11.3 Å². The predicted molar refractivity (Wildman–Crippen MR) is 67.4 cm³/mol. The molecule has 6 heteroatoms. The molecule has 0 saturated carbocycles. The minimum Gasteiger partial charge on any atom is -0.480 e. The number of carboxylic acids is 1. The van der Waals surface area contributed by atoms with Crippen LogP contribution in [0.2, 0.25) is 0 Å². The maximum absolute atomic E-state index is 10.8. The van der Waals surface area contributed by atoms with Gasteiger partial charge in [-0.05, 0) is 25.1 Å². The molecule has 0 aliphatic heterocycles. The van der Waals surface area contributed by atoms with E-state index in [1.165, 1.54) is 0 Å². The van der Waals surface area contributed by atoms with E-state index < -0.39 is 5.97 Å². The average molecular weight is 264 g/mol. The van der Waals surface area contributed by atoms with Crippen LogP contribution in [0.4, 0.5) is 0 Å². The third kappa shape index (κ3) is 3.69. The molecule has 0 aliphatic rings. The monoisotopic (exact) mass is 264 g/mol. The van der Waals surface area contributed by atoms with Gasteiger partial charge in [0.15, 0.2) is 5.76 Å². The molecule has 0 atom stereocenters. The lowest BCUT2D eigenvalue weighted by Crippen LogP contribution is -2.30. The Hall–Kier alpha value is -2.08. The summed E-state index contributed by atoms with van der Waals surface area (Å²) >= 11 is 0. The predicted octanol–water partition coefficient (Wildman–Crippen LogP) is 2.23. The molecule has 2 aromatic heterocycles. The summed E-state index contributed by atoms with van der Waals surface area (Å²) in [5, 5.41) is 12.8. The van der Waals surface area contributed by atoms with Crippen molar-refractivity contribution in [2.24, 2.45) is 0 Å². The Morgan fingerprint density at radius 1 is 1.47 bits per heavy atom. The molecule has 0 fully saturated rings. The highest BCUT2D eigenvalue weighted by Gasteiger charge is 2.14. The number of hydrogen-bond donors (Lipinski definition) is 1. The number of rotatable bonds is 7. The zero-order valence-electron chi connectivity index (χ0n) is 10.7. The second-order valence-corrected chi connectivity index (χ2v) is 4.26. The number of aromatic nitrogens is 1. The molecule has 0 aliphatic carbocycles. The van der Waals surface area contributed by atoms with Crippen molar-refractivity contribution in [3.63, 3.8) is 0 Å². The van der Waals surface area contributed by atoms with Crippen LogP contribution in [0.1, 0.15) is 19.0 Å². The van der Waals surface area contributed by atoms with Gasteiger partial charge in [0.1, 0.15) is 0 Å². The number of hydrogen-bond acceptors (Lipinski definition) is 5. The molecular formula is C13H16N2O4. The molecule has 0 saturated heterocycles. The van der Waals surface area contributed by atoms with Crippen LogP contribution >= 0.6 is 0 Å². The quantitative estimate of drug-likeness (QED) is 0.826. The van der Waals surface area contributed by atoms with Crippen LogP contribution in [0.3, 0.4) is 0 Å². The first kappa shape index (κ1) is 13.4. The number of carboxylic acid groups (broad SMARTS) is 1. The van der Waals surface area contributed by atoms with Gasteiger partial charge in [0.2, 0.25) is 5.76 Å². The van der Waals surface area contributed by atoms with Gasteiger partial charge in [-0.3, -0.25) is 9.69 Å². The molecule has 19 heavy (non-hydrogen) atoms. The van der Waals surface area contributed by atoms with E-state index in [9.17, 15) is 4.79 Å². The van der Waals surface area contributed by atoms with E-state index in [0.29, 0.717) is 30.3 Å². The van der Waals surface area contributed by atoms with Crippen LogP contribution in [-0.4, -0.2) is 34.2 Å². The van der Waals surface area contributed by atoms with Gasteiger partial charge >= 0.3 is 5.97 Å². The SMILES string of the molecule is CCCN(CC(=O)O)Cc1cc(-c2ccco2)on1. The summed E-state index contributed by atoms with van der Waals surface area (Å²) in [7, 11) is 0. The summed E-state index contributed by atoms with van der Waals surface area (Å²) in [6, 6.07) is 5.32. The van der Waals surface area contributed by atoms with Gasteiger partial charge in [0.05, 0.1) is 18.5 Å². The molecule has 6 nitrogen and oxygen atoms in total. The van der Waals surface area contributed by atoms with E-state index in [0.717, 1.165) is 6.42 Å². The number of carbonyl (C=O) groups is 1. The van der Waals surface area contributed by atoms with Gasteiger partial charge in [0.25, 0.3) is 0 Å². The fraction of sp³-hybridized carbons (Fsp3) is 0.385. The third-order valence-electron chi connectivity index (χ3n) is 2.61. The smallest absolute Gasteiger partial charge is 0.317 e. The maximum atomic E-state index is 10.8. The standard InChI is InChI=1S/C13H16N2O4/c1-2-5-15(9-13(16)17)8-10-7-12(19-14-10)11-4-3-6-18-11/h3-4,6-7H,2,5,8-9H2,1H3,(H,16,17). The minimum atomic E-state index is -0.844. The highest BCUT2D eigenvalue weighted by Crippen LogP contribution is 2.21. The van der Waals surface area contributed by atoms with Gasteiger partial charge in [-0.25, -0.2) is 0 Å². The fourth-order valence-electron chi connectivity index (χ4n) is 1.87. The van der Waals surface area contributed by atoms with E-state index in [1.807, 2.05) is 11.8 Å². The summed E-state index contributed by atoms with van der Waals surface area (Å²) in [6.07, 6.45) is 2.45. The van der Waals surface area contributed by atoms with Crippen molar-refractivity contribution in [3.8, 4) is 11.5 Å². The first-order valence-corrected chi connectivity index (χ1v) is 6.12. The molecular weight excluding hydrogens is 248 g/mol. The minimum absolute atomic E-state index is 0.00319. The largest absolute Gasteiger partial charge is 0.480 e. The second-order valence-electron chi connectivity index (χ2n) is 4.26. The fourth-order valence-corrected chi connectivity index (χ4v) is 1.87. The third-order valence-corrected chi connectivity index (χ3v) is 2.61. The van der Waals surface area contributed by atoms with Crippen molar-refractivity contribution in [2.45, 2.75) is 19.9 Å². The average Bonchev–Trinajstić information content (AvgIpc) is 2.97. The summed E-state index contributed by atoms with van der Waals surface area (Å²) in [5.41, 5.74) is 0.695. The lowest BCUT2D eigenvalue weighted by molar-refractivity contribution is -0.138. The van der Waals surface area contributed by atoms with E-state index in [-0.39, 0.29) is 6.54 Å². The summed E-state index contributed by atoms with van der Waals surface area (Å²) in [4.78, 5) is 12.6. The summed E-state index contributed by atoms with van der Waals surface area (Å²) < 4.78 is 10.4. The Balaban J connectivity index is 2.03. The molecule has 0 bridgehead atoms. The van der Waals surface area contributed by atoms with E-state index in [4.69, 9.17) is 14.0 Å². The first-order valence-electron chi connectivity index (χ1n) is 6.12. The lowest BCUT2D eigenvalue weighted by Gasteiger charge is -2.17. The van der Waals surface area contributed by atoms with Gasteiger partial charge in [-0.2, -0.15) is 0 Å². The summed E-state index contributed by atoms with van der Waals surface area (Å²) in [5.74, 6) is 0.314. The molecule has 0 amide bonds. The van der Waals surface area contributed by atoms with Crippen LogP contribution in [0.15, 0.2) is 33.4 Å². The van der Waals surface area contributed by atoms with Gasteiger partial charge in [-0.1, -0.05) is 12.1 Å². The molecule has 0 aromatic carbocycles. The van der Waals surface area contributed by atoms with Crippen LogP contribution < -0.4 is 0 Å². The van der Waals surface area contributed by atoms with Crippen molar-refractivity contribution in [1.82, 2.24) is 10.1 Å². The maximum Gasteiger partial charge on any atom is 0.317 e. The molecule has 2 heterocycles. The normalized spacial score (nSPS) is 11.1. The van der Waals surface area contributed by atoms with Crippen molar-refractivity contribution in [3.05, 3.63) is 30.2 Å². The van der Waals surface area contributed by atoms with Gasteiger partial charge in [0, 0.05) is 12.6 Å². The van der Waals surface area contributed by atoms with Crippen molar-refractivity contribution in [2.75, 3.05) is 13.1 Å². The highest BCUT2D eigenvalue weighted by molar-refractivity contribution is 5.69. The zero-order chi connectivity index (χ0) is 13.7. The van der Waals surface area contributed by atoms with Crippen molar-refractivity contribution < 1.29 is 18.8 Å². The molecule has 2 aromatic rings. The van der Waals surface area contributed by atoms with Gasteiger partial charge in [-0.15, -0.1) is 0 Å². The first-order chi connectivity index (χ1) is 9.19. The second kappa shape index (κ2) is 6.19.